The zero-order valence-electron chi connectivity index (χ0n) is 10.8. The van der Waals surface area contributed by atoms with Gasteiger partial charge in [-0.25, -0.2) is 4.98 Å². The van der Waals surface area contributed by atoms with E-state index < -0.39 is 0 Å². The molecule has 0 atom stereocenters. The molecule has 2 aromatic rings. The number of aliphatic hydroxyl groups is 2. The lowest BCUT2D eigenvalue weighted by Gasteiger charge is -2.22. The van der Waals surface area contributed by atoms with Gasteiger partial charge in [0.15, 0.2) is 0 Å². The van der Waals surface area contributed by atoms with Crippen molar-refractivity contribution in [2.45, 2.75) is 6.61 Å². The summed E-state index contributed by atoms with van der Waals surface area (Å²) in [6, 6.07) is 9.58. The van der Waals surface area contributed by atoms with Crippen molar-refractivity contribution in [1.82, 2.24) is 4.98 Å². The summed E-state index contributed by atoms with van der Waals surface area (Å²) in [5, 5.41) is 19.6. The largest absolute Gasteiger partial charge is 0.395 e. The number of benzene rings is 1. The molecule has 1 heterocycles. The van der Waals surface area contributed by atoms with E-state index in [1.54, 1.807) is 6.08 Å². The number of rotatable bonds is 6. The van der Waals surface area contributed by atoms with E-state index in [0.717, 1.165) is 22.3 Å². The van der Waals surface area contributed by atoms with Crippen molar-refractivity contribution in [3.05, 3.63) is 48.6 Å². The number of aromatic nitrogens is 1. The Morgan fingerprint density at radius 3 is 2.74 bits per heavy atom. The lowest BCUT2D eigenvalue weighted by molar-refractivity contribution is 0.283. The first kappa shape index (κ1) is 13.5. The monoisotopic (exact) mass is 258 g/mol. The Labute approximate surface area is 112 Å². The molecule has 4 heteroatoms. The van der Waals surface area contributed by atoms with Crippen molar-refractivity contribution in [2.75, 3.05) is 24.6 Å². The van der Waals surface area contributed by atoms with Gasteiger partial charge in [0.25, 0.3) is 0 Å². The second-order valence-electron chi connectivity index (χ2n) is 4.27. The van der Waals surface area contributed by atoms with Crippen LogP contribution in [0.25, 0.3) is 10.9 Å². The van der Waals surface area contributed by atoms with Crippen LogP contribution < -0.4 is 4.90 Å². The SMILES string of the molecule is C=CCN(CCO)c1cc(CO)c2ccccc2n1. The van der Waals surface area contributed by atoms with Crippen molar-refractivity contribution in [2.24, 2.45) is 0 Å². The van der Waals surface area contributed by atoms with Crippen LogP contribution in [0.3, 0.4) is 0 Å². The van der Waals surface area contributed by atoms with Gasteiger partial charge in [-0.1, -0.05) is 24.3 Å². The maximum Gasteiger partial charge on any atom is 0.129 e. The highest BCUT2D eigenvalue weighted by Crippen LogP contribution is 2.23. The van der Waals surface area contributed by atoms with Crippen molar-refractivity contribution in [3.8, 4) is 0 Å². The summed E-state index contributed by atoms with van der Waals surface area (Å²) in [5.41, 5.74) is 1.68. The minimum Gasteiger partial charge on any atom is -0.395 e. The third kappa shape index (κ3) is 2.92. The average molecular weight is 258 g/mol. The van der Waals surface area contributed by atoms with Crippen molar-refractivity contribution in [1.29, 1.82) is 0 Å². The predicted octanol–water partition coefficient (Wildman–Crippen LogP) is 1.71. The summed E-state index contributed by atoms with van der Waals surface area (Å²) in [6.45, 7) is 4.83. The second kappa shape index (κ2) is 6.31. The van der Waals surface area contributed by atoms with Gasteiger partial charge in [0.05, 0.1) is 18.7 Å². The Morgan fingerprint density at radius 2 is 2.05 bits per heavy atom. The molecule has 4 nitrogen and oxygen atoms in total. The van der Waals surface area contributed by atoms with E-state index in [2.05, 4.69) is 11.6 Å². The van der Waals surface area contributed by atoms with Crippen LogP contribution in [-0.4, -0.2) is 34.9 Å². The number of aliphatic hydroxyl groups excluding tert-OH is 2. The minimum atomic E-state index is -0.0307. The van der Waals surface area contributed by atoms with Crippen LogP contribution in [0.1, 0.15) is 5.56 Å². The van der Waals surface area contributed by atoms with Crippen LogP contribution >= 0.6 is 0 Å². The van der Waals surface area contributed by atoms with Gasteiger partial charge in [0, 0.05) is 18.5 Å². The van der Waals surface area contributed by atoms with Crippen LogP contribution in [0.4, 0.5) is 5.82 Å². The van der Waals surface area contributed by atoms with E-state index >= 15 is 0 Å². The summed E-state index contributed by atoms with van der Waals surface area (Å²) < 4.78 is 0. The number of nitrogens with zero attached hydrogens (tertiary/aromatic N) is 2. The molecule has 0 aliphatic carbocycles. The standard InChI is InChI=1S/C15H18N2O2/c1-2-7-17(8-9-18)15-10-12(11-19)13-5-3-4-6-14(13)16-15/h2-6,10,18-19H,1,7-9,11H2. The van der Waals surface area contributed by atoms with E-state index in [9.17, 15) is 5.11 Å². The van der Waals surface area contributed by atoms with Gasteiger partial charge in [-0.2, -0.15) is 0 Å². The molecule has 100 valence electrons. The summed E-state index contributed by atoms with van der Waals surface area (Å²) in [4.78, 5) is 6.51. The van der Waals surface area contributed by atoms with Crippen LogP contribution in [-0.2, 0) is 6.61 Å². The lowest BCUT2D eigenvalue weighted by atomic mass is 10.1. The fourth-order valence-electron chi connectivity index (χ4n) is 2.10. The molecule has 0 bridgehead atoms. The quantitative estimate of drug-likeness (QED) is 0.775. The van der Waals surface area contributed by atoms with E-state index in [4.69, 9.17) is 5.11 Å². The molecule has 2 rings (SSSR count). The van der Waals surface area contributed by atoms with Gasteiger partial charge in [0.1, 0.15) is 5.82 Å². The fraction of sp³-hybridized carbons (Fsp3) is 0.267. The van der Waals surface area contributed by atoms with Crippen molar-refractivity contribution < 1.29 is 10.2 Å². The highest BCUT2D eigenvalue weighted by atomic mass is 16.3. The third-order valence-corrected chi connectivity index (χ3v) is 3.00. The average Bonchev–Trinajstić information content (AvgIpc) is 2.46. The number of hydrogen-bond acceptors (Lipinski definition) is 4. The maximum atomic E-state index is 9.49. The van der Waals surface area contributed by atoms with E-state index in [1.807, 2.05) is 35.2 Å². The first-order valence-electron chi connectivity index (χ1n) is 6.26. The molecule has 0 amide bonds. The maximum absolute atomic E-state index is 9.49. The normalized spacial score (nSPS) is 10.6. The summed E-state index contributed by atoms with van der Waals surface area (Å²) in [5.74, 6) is 0.747. The van der Waals surface area contributed by atoms with E-state index in [1.165, 1.54) is 0 Å². The molecule has 0 fully saturated rings. The fourth-order valence-corrected chi connectivity index (χ4v) is 2.10. The summed E-state index contributed by atoms with van der Waals surface area (Å²) in [7, 11) is 0. The lowest BCUT2D eigenvalue weighted by Crippen LogP contribution is -2.27. The number of fused-ring (bicyclic) bond motifs is 1. The molecule has 0 saturated heterocycles. The molecule has 2 N–H and O–H groups in total. The number of para-hydroxylation sites is 1. The molecule has 0 aliphatic heterocycles. The van der Waals surface area contributed by atoms with E-state index in [-0.39, 0.29) is 13.2 Å². The van der Waals surface area contributed by atoms with Crippen LogP contribution in [0.2, 0.25) is 0 Å². The molecule has 0 unspecified atom stereocenters. The summed E-state index contributed by atoms with van der Waals surface area (Å²) in [6.07, 6.45) is 1.77. The molecule has 0 saturated carbocycles. The highest BCUT2D eigenvalue weighted by Gasteiger charge is 2.10. The Bertz CT molecular complexity index is 569. The molecule has 1 aromatic heterocycles. The molecular formula is C15H18N2O2. The topological polar surface area (TPSA) is 56.6 Å². The van der Waals surface area contributed by atoms with E-state index in [0.29, 0.717) is 13.1 Å². The highest BCUT2D eigenvalue weighted by molar-refractivity contribution is 5.84. The predicted molar refractivity (Wildman–Crippen MR) is 77.2 cm³/mol. The Balaban J connectivity index is 2.50. The molecular weight excluding hydrogens is 240 g/mol. The first-order valence-corrected chi connectivity index (χ1v) is 6.26. The minimum absolute atomic E-state index is 0.0307. The van der Waals surface area contributed by atoms with Gasteiger partial charge in [-0.3, -0.25) is 0 Å². The number of anilines is 1. The number of pyridine rings is 1. The Kier molecular flexibility index (Phi) is 4.49. The zero-order valence-corrected chi connectivity index (χ0v) is 10.8. The van der Waals surface area contributed by atoms with Crippen LogP contribution in [0, 0.1) is 0 Å². The van der Waals surface area contributed by atoms with Crippen LogP contribution in [0.15, 0.2) is 43.0 Å². The molecule has 0 spiro atoms. The van der Waals surface area contributed by atoms with Gasteiger partial charge in [-0.15, -0.1) is 6.58 Å². The van der Waals surface area contributed by atoms with Crippen molar-refractivity contribution >= 4 is 16.7 Å². The Hall–Kier alpha value is -1.91. The number of hydrogen-bond donors (Lipinski definition) is 2. The van der Waals surface area contributed by atoms with Gasteiger partial charge >= 0.3 is 0 Å². The first-order chi connectivity index (χ1) is 9.30. The smallest absolute Gasteiger partial charge is 0.129 e. The second-order valence-corrected chi connectivity index (χ2v) is 4.27. The van der Waals surface area contributed by atoms with Crippen molar-refractivity contribution in [3.63, 3.8) is 0 Å². The molecule has 19 heavy (non-hydrogen) atoms. The van der Waals surface area contributed by atoms with Gasteiger partial charge in [-0.05, 0) is 17.7 Å². The van der Waals surface area contributed by atoms with Gasteiger partial charge in [0.2, 0.25) is 0 Å². The van der Waals surface area contributed by atoms with Crippen LogP contribution in [0.5, 0.6) is 0 Å². The molecule has 0 aliphatic rings. The zero-order chi connectivity index (χ0) is 13.7. The van der Waals surface area contributed by atoms with Gasteiger partial charge < -0.3 is 15.1 Å². The molecule has 0 radical (unpaired) electrons. The third-order valence-electron chi connectivity index (χ3n) is 3.00. The molecule has 1 aromatic carbocycles. The summed E-state index contributed by atoms with van der Waals surface area (Å²) >= 11 is 0. The Morgan fingerprint density at radius 1 is 1.26 bits per heavy atom.